The molecule has 4 rings (SSSR count). The quantitative estimate of drug-likeness (QED) is 0.440. The molecule has 1 aliphatic heterocycles. The maximum Gasteiger partial charge on any atom is 0.254 e. The van der Waals surface area contributed by atoms with Crippen LogP contribution in [0.4, 0.5) is 0 Å². The highest BCUT2D eigenvalue weighted by Crippen LogP contribution is 2.42. The van der Waals surface area contributed by atoms with Crippen molar-refractivity contribution >= 4 is 27.4 Å². The summed E-state index contributed by atoms with van der Waals surface area (Å²) in [6, 6.07) is 27.6. The molecule has 1 heterocycles. The van der Waals surface area contributed by atoms with Crippen molar-refractivity contribution in [3.63, 3.8) is 0 Å². The number of halogens is 1. The van der Waals surface area contributed by atoms with Gasteiger partial charge in [-0.2, -0.15) is 0 Å². The number of rotatable bonds is 4. The van der Waals surface area contributed by atoms with Crippen molar-refractivity contribution in [1.29, 1.82) is 0 Å². The van der Waals surface area contributed by atoms with Crippen LogP contribution in [0.25, 0.3) is 5.57 Å². The van der Waals surface area contributed by atoms with Crippen molar-refractivity contribution in [2.45, 2.75) is 12.5 Å². The molecule has 3 aromatic carbocycles. The first-order valence-electron chi connectivity index (χ1n) is 9.72. The fourth-order valence-electron chi connectivity index (χ4n) is 3.86. The summed E-state index contributed by atoms with van der Waals surface area (Å²) in [5, 5.41) is 0. The number of benzene rings is 3. The minimum Gasteiger partial charge on any atom is -0.327 e. The minimum atomic E-state index is -0.195. The lowest BCUT2D eigenvalue weighted by Crippen LogP contribution is -2.39. The lowest BCUT2D eigenvalue weighted by atomic mass is 9.85. The van der Waals surface area contributed by atoms with E-state index in [9.17, 15) is 4.79 Å². The predicted molar refractivity (Wildman–Crippen MR) is 123 cm³/mol. The molecule has 0 fully saturated rings. The Kier molecular flexibility index (Phi) is 5.77. The van der Waals surface area contributed by atoms with E-state index in [4.69, 9.17) is 0 Å². The third kappa shape index (κ3) is 3.96. The first-order valence-corrected chi connectivity index (χ1v) is 10.5. The van der Waals surface area contributed by atoms with Crippen molar-refractivity contribution in [1.82, 2.24) is 4.90 Å². The number of amides is 1. The maximum atomic E-state index is 13.5. The zero-order chi connectivity index (χ0) is 20.2. The fourth-order valence-corrected chi connectivity index (χ4v) is 4.36. The number of hydrogen-bond acceptors (Lipinski definition) is 1. The molecule has 0 saturated heterocycles. The Labute approximate surface area is 180 Å². The van der Waals surface area contributed by atoms with Gasteiger partial charge in [-0.1, -0.05) is 95.3 Å². The van der Waals surface area contributed by atoms with E-state index < -0.39 is 0 Å². The van der Waals surface area contributed by atoms with Gasteiger partial charge in [-0.15, -0.1) is 0 Å². The molecule has 3 aromatic rings. The van der Waals surface area contributed by atoms with Gasteiger partial charge in [-0.25, -0.2) is 0 Å². The highest BCUT2D eigenvalue weighted by Gasteiger charge is 2.33. The number of carbonyl (C=O) groups excluding carboxylic acids is 1. The normalized spacial score (nSPS) is 16.2. The molecule has 1 atom stereocenters. The van der Waals surface area contributed by atoms with Crippen molar-refractivity contribution in [2.24, 2.45) is 0 Å². The Balaban J connectivity index is 1.80. The molecule has 1 amide bonds. The highest BCUT2D eigenvalue weighted by molar-refractivity contribution is 9.10. The zero-order valence-electron chi connectivity index (χ0n) is 16.1. The minimum absolute atomic E-state index is 0.0396. The second-order valence-electron chi connectivity index (χ2n) is 7.08. The van der Waals surface area contributed by atoms with Gasteiger partial charge in [-0.3, -0.25) is 4.79 Å². The van der Waals surface area contributed by atoms with Gasteiger partial charge >= 0.3 is 0 Å². The van der Waals surface area contributed by atoms with Crippen molar-refractivity contribution in [3.05, 3.63) is 124 Å². The van der Waals surface area contributed by atoms with E-state index in [-0.39, 0.29) is 11.9 Å². The standard InChI is InChI=1S/C26H22BrNO/c1-19(20-11-4-2-5-12-20)22-16-10-18-28(26(29)21-13-6-3-7-14-21)25(22)23-15-8-9-17-24(23)27/h2-9,11-17,25H,1,10,18H2. The molecule has 0 bridgehead atoms. The van der Waals surface area contributed by atoms with E-state index in [1.807, 2.05) is 71.6 Å². The summed E-state index contributed by atoms with van der Waals surface area (Å²) in [6.45, 7) is 5.07. The van der Waals surface area contributed by atoms with Gasteiger partial charge in [0.05, 0.1) is 6.04 Å². The molecular weight excluding hydrogens is 422 g/mol. The Morgan fingerprint density at radius 3 is 2.10 bits per heavy atom. The summed E-state index contributed by atoms with van der Waals surface area (Å²) in [6.07, 6.45) is 3.04. The SMILES string of the molecule is C=C(C1=CCCN(C(=O)c2ccccc2)C1c1ccccc1Br)c1ccccc1. The molecule has 0 saturated carbocycles. The van der Waals surface area contributed by atoms with Gasteiger partial charge in [0, 0.05) is 16.6 Å². The molecule has 29 heavy (non-hydrogen) atoms. The summed E-state index contributed by atoms with van der Waals surface area (Å²) in [7, 11) is 0. The van der Waals surface area contributed by atoms with Gasteiger partial charge < -0.3 is 4.90 Å². The smallest absolute Gasteiger partial charge is 0.254 e. The van der Waals surface area contributed by atoms with Crippen LogP contribution in [-0.2, 0) is 0 Å². The Morgan fingerprint density at radius 2 is 1.45 bits per heavy atom. The number of nitrogens with zero attached hydrogens (tertiary/aromatic N) is 1. The van der Waals surface area contributed by atoms with Crippen LogP contribution in [0.15, 0.2) is 108 Å². The fraction of sp³-hybridized carbons (Fsp3) is 0.115. The molecule has 0 N–H and O–H groups in total. The highest BCUT2D eigenvalue weighted by atomic mass is 79.9. The van der Waals surface area contributed by atoms with Crippen molar-refractivity contribution in [2.75, 3.05) is 6.54 Å². The molecule has 0 radical (unpaired) electrons. The number of carbonyl (C=O) groups is 1. The van der Waals surface area contributed by atoms with Crippen LogP contribution < -0.4 is 0 Å². The van der Waals surface area contributed by atoms with E-state index in [1.54, 1.807) is 0 Å². The molecule has 0 aliphatic carbocycles. The van der Waals surface area contributed by atoms with Gasteiger partial charge in [-0.05, 0) is 46.9 Å². The summed E-state index contributed by atoms with van der Waals surface area (Å²) in [5.74, 6) is 0.0396. The van der Waals surface area contributed by atoms with Gasteiger partial charge in [0.2, 0.25) is 0 Å². The molecule has 1 unspecified atom stereocenters. The lowest BCUT2D eigenvalue weighted by molar-refractivity contribution is 0.0699. The summed E-state index contributed by atoms with van der Waals surface area (Å²) < 4.78 is 0.990. The van der Waals surface area contributed by atoms with E-state index in [1.165, 1.54) is 0 Å². The topological polar surface area (TPSA) is 20.3 Å². The van der Waals surface area contributed by atoms with Crippen LogP contribution in [0.5, 0.6) is 0 Å². The summed E-state index contributed by atoms with van der Waals surface area (Å²) >= 11 is 3.70. The molecule has 0 aromatic heterocycles. The largest absolute Gasteiger partial charge is 0.327 e. The van der Waals surface area contributed by atoms with E-state index in [0.717, 1.165) is 33.2 Å². The molecule has 144 valence electrons. The van der Waals surface area contributed by atoms with Gasteiger partial charge in [0.25, 0.3) is 5.91 Å². The van der Waals surface area contributed by atoms with Crippen LogP contribution in [0.2, 0.25) is 0 Å². The summed E-state index contributed by atoms with van der Waals surface area (Å²) in [4.78, 5) is 15.4. The molecule has 1 aliphatic rings. The third-order valence-electron chi connectivity index (χ3n) is 5.29. The molecular formula is C26H22BrNO. The van der Waals surface area contributed by atoms with Crippen LogP contribution >= 0.6 is 15.9 Å². The predicted octanol–water partition coefficient (Wildman–Crippen LogP) is 6.68. The summed E-state index contributed by atoms with van der Waals surface area (Å²) in [5.41, 5.74) is 4.89. The second kappa shape index (κ2) is 8.62. The second-order valence-corrected chi connectivity index (χ2v) is 7.94. The first-order chi connectivity index (χ1) is 14.2. The van der Waals surface area contributed by atoms with Gasteiger partial charge in [0.1, 0.15) is 0 Å². The van der Waals surface area contributed by atoms with Crippen LogP contribution in [-0.4, -0.2) is 17.4 Å². The Morgan fingerprint density at radius 1 is 0.862 bits per heavy atom. The van der Waals surface area contributed by atoms with E-state index in [2.05, 4.69) is 46.8 Å². The van der Waals surface area contributed by atoms with Crippen LogP contribution in [0.1, 0.15) is 33.9 Å². The monoisotopic (exact) mass is 443 g/mol. The molecule has 0 spiro atoms. The average Bonchev–Trinajstić information content (AvgIpc) is 2.79. The number of hydrogen-bond donors (Lipinski definition) is 0. The van der Waals surface area contributed by atoms with Crippen molar-refractivity contribution < 1.29 is 4.79 Å². The Hall–Kier alpha value is -2.91. The molecule has 2 nitrogen and oxygen atoms in total. The van der Waals surface area contributed by atoms with Gasteiger partial charge in [0.15, 0.2) is 0 Å². The lowest BCUT2D eigenvalue weighted by Gasteiger charge is -2.38. The zero-order valence-corrected chi connectivity index (χ0v) is 17.7. The van der Waals surface area contributed by atoms with E-state index >= 15 is 0 Å². The third-order valence-corrected chi connectivity index (χ3v) is 6.01. The van der Waals surface area contributed by atoms with Crippen LogP contribution in [0.3, 0.4) is 0 Å². The molecule has 3 heteroatoms. The van der Waals surface area contributed by atoms with Crippen LogP contribution in [0, 0.1) is 0 Å². The van der Waals surface area contributed by atoms with Crippen molar-refractivity contribution in [3.8, 4) is 0 Å². The van der Waals surface area contributed by atoms with E-state index in [0.29, 0.717) is 12.1 Å². The Bertz CT molecular complexity index is 1060. The first kappa shape index (κ1) is 19.4. The average molecular weight is 444 g/mol. The maximum absolute atomic E-state index is 13.5.